The number of rotatable bonds is 1. The first-order valence-electron chi connectivity index (χ1n) is 6.85. The van der Waals surface area contributed by atoms with Crippen LogP contribution in [0.2, 0.25) is 0 Å². The molecule has 1 saturated carbocycles. The third kappa shape index (κ3) is 1.39. The topological polar surface area (TPSA) is 54.5 Å². The summed E-state index contributed by atoms with van der Waals surface area (Å²) in [7, 11) is 0. The van der Waals surface area contributed by atoms with Crippen LogP contribution in [0.3, 0.4) is 0 Å². The lowest BCUT2D eigenvalue weighted by molar-refractivity contribution is -0.126. The highest BCUT2D eigenvalue weighted by Gasteiger charge is 2.48. The van der Waals surface area contributed by atoms with Gasteiger partial charge in [0.15, 0.2) is 5.78 Å². The maximum atomic E-state index is 12.5. The molecule has 100 valence electrons. The van der Waals surface area contributed by atoms with E-state index in [1.807, 2.05) is 12.2 Å². The Morgan fingerprint density at radius 3 is 2.25 bits per heavy atom. The molecule has 4 rings (SSSR count). The predicted molar refractivity (Wildman–Crippen MR) is 71.1 cm³/mol. The Balaban J connectivity index is 1.77. The van der Waals surface area contributed by atoms with Gasteiger partial charge in [-0.15, -0.1) is 0 Å². The molecule has 1 fully saturated rings. The molecule has 2 amide bonds. The van der Waals surface area contributed by atoms with E-state index < -0.39 is 6.04 Å². The van der Waals surface area contributed by atoms with Crippen LogP contribution >= 0.6 is 0 Å². The molecule has 0 saturated heterocycles. The van der Waals surface area contributed by atoms with Crippen molar-refractivity contribution < 1.29 is 14.4 Å². The fourth-order valence-corrected chi connectivity index (χ4v) is 3.61. The van der Waals surface area contributed by atoms with E-state index in [-0.39, 0.29) is 23.5 Å². The summed E-state index contributed by atoms with van der Waals surface area (Å²) in [5.41, 5.74) is 0.823. The summed E-state index contributed by atoms with van der Waals surface area (Å²) >= 11 is 0. The highest BCUT2D eigenvalue weighted by Crippen LogP contribution is 2.39. The Morgan fingerprint density at radius 1 is 0.950 bits per heavy atom. The molecule has 0 N–H and O–H groups in total. The number of nitrogens with zero attached hydrogens (tertiary/aromatic N) is 1. The molecule has 1 aromatic rings. The van der Waals surface area contributed by atoms with Gasteiger partial charge in [-0.2, -0.15) is 0 Å². The smallest absolute Gasteiger partial charge is 0.262 e. The normalized spacial score (nSPS) is 31.1. The minimum atomic E-state index is -0.614. The second kappa shape index (κ2) is 3.88. The van der Waals surface area contributed by atoms with Crippen molar-refractivity contribution in [3.8, 4) is 0 Å². The van der Waals surface area contributed by atoms with Gasteiger partial charge >= 0.3 is 0 Å². The minimum absolute atomic E-state index is 0.00533. The molecule has 3 atom stereocenters. The molecule has 2 aliphatic carbocycles. The fourth-order valence-electron chi connectivity index (χ4n) is 3.61. The van der Waals surface area contributed by atoms with E-state index in [2.05, 4.69) is 0 Å². The second-order valence-corrected chi connectivity index (χ2v) is 5.69. The van der Waals surface area contributed by atoms with Crippen molar-refractivity contribution in [2.45, 2.75) is 18.9 Å². The average Bonchev–Trinajstić information content (AvgIpc) is 2.94. The number of fused-ring (bicyclic) bond motifs is 3. The second-order valence-electron chi connectivity index (χ2n) is 5.69. The zero-order valence-electron chi connectivity index (χ0n) is 10.8. The Labute approximate surface area is 116 Å². The number of hydrogen-bond acceptors (Lipinski definition) is 3. The summed E-state index contributed by atoms with van der Waals surface area (Å²) in [6.45, 7) is 0. The molecular formula is C16H13NO3. The third-order valence-electron chi connectivity index (χ3n) is 4.51. The molecule has 1 heterocycles. The average molecular weight is 267 g/mol. The monoisotopic (exact) mass is 267 g/mol. The first kappa shape index (κ1) is 11.6. The van der Waals surface area contributed by atoms with Crippen LogP contribution < -0.4 is 0 Å². The predicted octanol–water partition coefficient (Wildman–Crippen LogP) is 1.82. The van der Waals surface area contributed by atoms with Crippen molar-refractivity contribution in [1.82, 2.24) is 4.90 Å². The number of ketones is 1. The summed E-state index contributed by atoms with van der Waals surface area (Å²) in [4.78, 5) is 38.4. The van der Waals surface area contributed by atoms with Crippen LogP contribution in [-0.2, 0) is 4.79 Å². The van der Waals surface area contributed by atoms with Crippen molar-refractivity contribution in [3.05, 3.63) is 47.5 Å². The van der Waals surface area contributed by atoms with E-state index in [4.69, 9.17) is 0 Å². The lowest BCUT2D eigenvalue weighted by Crippen LogP contribution is -2.50. The van der Waals surface area contributed by atoms with E-state index in [0.29, 0.717) is 23.5 Å². The number of carbonyl (C=O) groups excluding carboxylic acids is 3. The highest BCUT2D eigenvalue weighted by molar-refractivity contribution is 6.23. The quantitative estimate of drug-likeness (QED) is 0.576. The summed E-state index contributed by atoms with van der Waals surface area (Å²) in [6, 6.07) is 6.16. The van der Waals surface area contributed by atoms with E-state index >= 15 is 0 Å². The number of hydrogen-bond donors (Lipinski definition) is 0. The molecule has 1 aliphatic heterocycles. The van der Waals surface area contributed by atoms with Gasteiger partial charge in [0, 0.05) is 12.3 Å². The van der Waals surface area contributed by atoms with E-state index in [1.54, 1.807) is 24.3 Å². The molecule has 2 bridgehead atoms. The summed E-state index contributed by atoms with van der Waals surface area (Å²) in [6.07, 6.45) is 5.33. The van der Waals surface area contributed by atoms with Crippen LogP contribution in [0.25, 0.3) is 0 Å². The SMILES string of the molecule is O=C1C[C@H]2C=C[C@H](C2)[C@@H]1N1C(=O)c2ccccc2C1=O. The Kier molecular flexibility index (Phi) is 2.25. The van der Waals surface area contributed by atoms with Gasteiger partial charge in [0.2, 0.25) is 0 Å². The lowest BCUT2D eigenvalue weighted by atomic mass is 9.82. The van der Waals surface area contributed by atoms with Gasteiger partial charge < -0.3 is 0 Å². The van der Waals surface area contributed by atoms with Crippen LogP contribution in [-0.4, -0.2) is 28.5 Å². The lowest BCUT2D eigenvalue weighted by Gasteiger charge is -2.33. The first-order chi connectivity index (χ1) is 9.66. The zero-order valence-corrected chi connectivity index (χ0v) is 10.8. The van der Waals surface area contributed by atoms with E-state index in [1.165, 1.54) is 4.90 Å². The summed E-state index contributed by atoms with van der Waals surface area (Å²) < 4.78 is 0. The van der Waals surface area contributed by atoms with Crippen molar-refractivity contribution in [3.63, 3.8) is 0 Å². The molecule has 3 aliphatic rings. The Morgan fingerprint density at radius 2 is 1.60 bits per heavy atom. The molecule has 4 nitrogen and oxygen atoms in total. The van der Waals surface area contributed by atoms with Crippen LogP contribution in [0.5, 0.6) is 0 Å². The Hall–Kier alpha value is -2.23. The number of Topliss-reactive ketones (excluding diaryl/α,β-unsaturated/α-hetero) is 1. The van der Waals surface area contributed by atoms with Crippen LogP contribution in [0.4, 0.5) is 0 Å². The number of allylic oxidation sites excluding steroid dienone is 1. The highest BCUT2D eigenvalue weighted by atomic mass is 16.2. The van der Waals surface area contributed by atoms with Crippen LogP contribution in [0.15, 0.2) is 36.4 Å². The van der Waals surface area contributed by atoms with Gasteiger partial charge in [-0.05, 0) is 24.5 Å². The Bertz CT molecular complexity index is 641. The van der Waals surface area contributed by atoms with Crippen molar-refractivity contribution in [2.75, 3.05) is 0 Å². The molecule has 4 heteroatoms. The van der Waals surface area contributed by atoms with Crippen LogP contribution in [0, 0.1) is 11.8 Å². The third-order valence-corrected chi connectivity index (χ3v) is 4.51. The number of benzene rings is 1. The number of amides is 2. The minimum Gasteiger partial charge on any atom is -0.297 e. The van der Waals surface area contributed by atoms with Crippen LogP contribution in [0.1, 0.15) is 33.6 Å². The summed E-state index contributed by atoms with van der Waals surface area (Å²) in [5, 5.41) is 0. The number of imide groups is 1. The zero-order chi connectivity index (χ0) is 13.9. The van der Waals surface area contributed by atoms with Gasteiger partial charge in [0.25, 0.3) is 11.8 Å². The molecule has 0 aromatic heterocycles. The van der Waals surface area contributed by atoms with Gasteiger partial charge in [0.05, 0.1) is 11.1 Å². The summed E-state index contributed by atoms with van der Waals surface area (Å²) in [5.74, 6) is -0.376. The molecule has 1 aromatic carbocycles. The van der Waals surface area contributed by atoms with Crippen molar-refractivity contribution >= 4 is 17.6 Å². The standard InChI is InChI=1S/C16H13NO3/c18-13-8-9-5-6-10(7-9)14(13)17-15(19)11-3-1-2-4-12(11)16(17)20/h1-6,9-10,14H,7-8H2/t9-,10+,14-/m0/s1. The van der Waals surface area contributed by atoms with E-state index in [0.717, 1.165) is 6.42 Å². The molecule has 0 unspecified atom stereocenters. The van der Waals surface area contributed by atoms with Crippen molar-refractivity contribution in [1.29, 1.82) is 0 Å². The van der Waals surface area contributed by atoms with Gasteiger partial charge in [-0.25, -0.2) is 0 Å². The fraction of sp³-hybridized carbons (Fsp3) is 0.312. The largest absolute Gasteiger partial charge is 0.297 e. The van der Waals surface area contributed by atoms with Gasteiger partial charge in [0.1, 0.15) is 6.04 Å². The molecular weight excluding hydrogens is 254 g/mol. The van der Waals surface area contributed by atoms with Gasteiger partial charge in [-0.3, -0.25) is 19.3 Å². The molecule has 20 heavy (non-hydrogen) atoms. The first-order valence-corrected chi connectivity index (χ1v) is 6.85. The van der Waals surface area contributed by atoms with Gasteiger partial charge in [-0.1, -0.05) is 24.3 Å². The maximum Gasteiger partial charge on any atom is 0.262 e. The molecule has 0 spiro atoms. The van der Waals surface area contributed by atoms with E-state index in [9.17, 15) is 14.4 Å². The maximum absolute atomic E-state index is 12.5. The van der Waals surface area contributed by atoms with Crippen molar-refractivity contribution in [2.24, 2.45) is 11.8 Å². The molecule has 0 radical (unpaired) electrons. The number of carbonyl (C=O) groups is 3.